The number of carbonyl (C=O) groups excluding carboxylic acids is 2. The zero-order valence-electron chi connectivity index (χ0n) is 18.1. The summed E-state index contributed by atoms with van der Waals surface area (Å²) in [5.74, 6) is -1.81. The van der Waals surface area contributed by atoms with E-state index >= 15 is 0 Å². The number of hydrogen-bond acceptors (Lipinski definition) is 8. The topological polar surface area (TPSA) is 118 Å². The van der Waals surface area contributed by atoms with Gasteiger partial charge in [0.05, 0.1) is 5.92 Å². The lowest BCUT2D eigenvalue weighted by molar-refractivity contribution is -0.203. The van der Waals surface area contributed by atoms with E-state index in [1.165, 1.54) is 16.8 Å². The first-order valence-electron chi connectivity index (χ1n) is 10.1. The molecule has 1 N–H and O–H groups in total. The van der Waals surface area contributed by atoms with Crippen LogP contribution in [-0.2, 0) is 28.5 Å². The van der Waals surface area contributed by atoms with Gasteiger partial charge in [-0.1, -0.05) is 27.7 Å². The molecule has 1 amide bonds. The Morgan fingerprint density at radius 3 is 2.47 bits per heavy atom. The molecule has 4 atom stereocenters. The molecule has 3 rings (SSSR count). The van der Waals surface area contributed by atoms with Crippen LogP contribution in [0.3, 0.4) is 0 Å². The average Bonchev–Trinajstić information content (AvgIpc) is 3.13. The van der Waals surface area contributed by atoms with E-state index in [1.54, 1.807) is 41.5 Å². The smallest absolute Gasteiger partial charge is 0.351 e. The highest BCUT2D eigenvalue weighted by Gasteiger charge is 2.56. The van der Waals surface area contributed by atoms with E-state index in [-0.39, 0.29) is 36.1 Å². The highest BCUT2D eigenvalue weighted by Crippen LogP contribution is 2.42. The molecule has 0 bridgehead atoms. The van der Waals surface area contributed by atoms with Crippen molar-refractivity contribution >= 4 is 17.7 Å². The number of esters is 1. The van der Waals surface area contributed by atoms with Crippen molar-refractivity contribution in [3.8, 4) is 0 Å². The summed E-state index contributed by atoms with van der Waals surface area (Å²) in [6, 6.07) is 1.52. The fraction of sp³-hybridized carbons (Fsp3) is 0.700. The van der Waals surface area contributed by atoms with Gasteiger partial charge in [-0.05, 0) is 19.9 Å². The predicted molar refractivity (Wildman–Crippen MR) is 105 cm³/mol. The summed E-state index contributed by atoms with van der Waals surface area (Å²) < 4.78 is 24.5. The van der Waals surface area contributed by atoms with Gasteiger partial charge in [0, 0.05) is 12.1 Å². The van der Waals surface area contributed by atoms with Gasteiger partial charge in [0.2, 0.25) is 5.91 Å². The molecule has 2 saturated heterocycles. The van der Waals surface area contributed by atoms with Crippen molar-refractivity contribution < 1.29 is 28.5 Å². The largest absolute Gasteiger partial charge is 0.463 e. The van der Waals surface area contributed by atoms with Gasteiger partial charge in [-0.3, -0.25) is 14.2 Å². The lowest BCUT2D eigenvalue weighted by atomic mass is 10.1. The van der Waals surface area contributed by atoms with E-state index in [1.807, 2.05) is 0 Å². The second kappa shape index (κ2) is 8.44. The molecular weight excluding hydrogens is 394 g/mol. The standard InChI is InChI=1S/C20H29N3O7/c1-10(2)16(24)21-13-7-8-23(19(26)22-13)17-15-14(29-20(5,6)30-15)12(28-17)9-27-18(25)11(3)4/h7-8,10-12,14-15,17H,9H2,1-6H3,(H,21,22,24,26)/t12-,14-,15-,17-/m1/s1. The molecule has 166 valence electrons. The minimum absolute atomic E-state index is 0.0151. The highest BCUT2D eigenvalue weighted by molar-refractivity contribution is 5.91. The molecule has 0 radical (unpaired) electrons. The zero-order chi connectivity index (χ0) is 22.2. The van der Waals surface area contributed by atoms with Crippen LogP contribution in [0.5, 0.6) is 0 Å². The van der Waals surface area contributed by atoms with E-state index in [0.717, 1.165) is 0 Å². The Balaban J connectivity index is 1.80. The van der Waals surface area contributed by atoms with Crippen LogP contribution in [0.1, 0.15) is 47.8 Å². The second-order valence-electron chi connectivity index (χ2n) is 8.56. The third-order valence-electron chi connectivity index (χ3n) is 4.87. The van der Waals surface area contributed by atoms with Gasteiger partial charge in [0.25, 0.3) is 0 Å². The van der Waals surface area contributed by atoms with Crippen molar-refractivity contribution in [2.75, 3.05) is 11.9 Å². The first-order chi connectivity index (χ1) is 14.0. The van der Waals surface area contributed by atoms with Crippen molar-refractivity contribution in [2.45, 2.75) is 71.9 Å². The molecule has 10 heteroatoms. The van der Waals surface area contributed by atoms with Gasteiger partial charge < -0.3 is 24.3 Å². The predicted octanol–water partition coefficient (Wildman–Crippen LogP) is 1.45. The molecule has 1 aromatic rings. The third-order valence-corrected chi connectivity index (χ3v) is 4.87. The second-order valence-corrected chi connectivity index (χ2v) is 8.56. The normalized spacial score (nSPS) is 27.3. The number of carbonyl (C=O) groups is 2. The van der Waals surface area contributed by atoms with Gasteiger partial charge in [0.1, 0.15) is 30.7 Å². The monoisotopic (exact) mass is 423 g/mol. The van der Waals surface area contributed by atoms with Crippen LogP contribution in [0.4, 0.5) is 5.82 Å². The molecule has 0 spiro atoms. The average molecular weight is 423 g/mol. The Bertz CT molecular complexity index is 864. The van der Waals surface area contributed by atoms with Crippen molar-refractivity contribution in [3.63, 3.8) is 0 Å². The lowest BCUT2D eigenvalue weighted by Gasteiger charge is -2.25. The van der Waals surface area contributed by atoms with Crippen molar-refractivity contribution in [1.29, 1.82) is 0 Å². The molecule has 2 aliphatic rings. The maximum Gasteiger partial charge on any atom is 0.351 e. The Labute approximate surface area is 174 Å². The molecule has 1 aromatic heterocycles. The summed E-state index contributed by atoms with van der Waals surface area (Å²) in [6.45, 7) is 10.5. The van der Waals surface area contributed by atoms with Gasteiger partial charge in [-0.2, -0.15) is 4.98 Å². The summed E-state index contributed by atoms with van der Waals surface area (Å²) in [4.78, 5) is 40.2. The van der Waals surface area contributed by atoms with E-state index in [4.69, 9.17) is 18.9 Å². The zero-order valence-corrected chi connectivity index (χ0v) is 18.1. The molecule has 30 heavy (non-hydrogen) atoms. The Hall–Kier alpha value is -2.30. The number of ether oxygens (including phenoxy) is 4. The molecule has 0 aliphatic carbocycles. The van der Waals surface area contributed by atoms with Crippen LogP contribution in [0.2, 0.25) is 0 Å². The summed E-state index contributed by atoms with van der Waals surface area (Å²) in [7, 11) is 0. The number of nitrogens with one attached hydrogen (secondary N) is 1. The number of anilines is 1. The van der Waals surface area contributed by atoms with Crippen LogP contribution in [0.25, 0.3) is 0 Å². The van der Waals surface area contributed by atoms with E-state index in [9.17, 15) is 14.4 Å². The number of fused-ring (bicyclic) bond motifs is 1. The number of amides is 1. The number of nitrogens with zero attached hydrogens (tertiary/aromatic N) is 2. The lowest BCUT2D eigenvalue weighted by Crippen LogP contribution is -2.35. The maximum atomic E-state index is 12.6. The van der Waals surface area contributed by atoms with Crippen LogP contribution in [0, 0.1) is 11.8 Å². The van der Waals surface area contributed by atoms with E-state index in [0.29, 0.717) is 0 Å². The summed E-state index contributed by atoms with van der Waals surface area (Å²) in [5, 5.41) is 2.59. The molecule has 2 aliphatic heterocycles. The van der Waals surface area contributed by atoms with Gasteiger partial charge in [0.15, 0.2) is 12.0 Å². The van der Waals surface area contributed by atoms with Crippen molar-refractivity contribution in [3.05, 3.63) is 22.7 Å². The summed E-state index contributed by atoms with van der Waals surface area (Å²) in [5.41, 5.74) is -0.603. The van der Waals surface area contributed by atoms with Crippen LogP contribution < -0.4 is 11.0 Å². The fourth-order valence-electron chi connectivity index (χ4n) is 3.29. The molecule has 0 unspecified atom stereocenters. The molecule has 0 aromatic carbocycles. The van der Waals surface area contributed by atoms with E-state index < -0.39 is 36.0 Å². The van der Waals surface area contributed by atoms with Gasteiger partial charge in [-0.25, -0.2) is 4.79 Å². The third kappa shape index (κ3) is 4.71. The summed E-state index contributed by atoms with van der Waals surface area (Å²) in [6.07, 6.45) is -1.02. The van der Waals surface area contributed by atoms with Crippen molar-refractivity contribution in [1.82, 2.24) is 9.55 Å². The maximum absolute atomic E-state index is 12.6. The number of aromatic nitrogens is 2. The van der Waals surface area contributed by atoms with Crippen LogP contribution in [-0.4, -0.2) is 52.1 Å². The first kappa shape index (κ1) is 22.4. The highest BCUT2D eigenvalue weighted by atomic mass is 16.8. The molecule has 0 saturated carbocycles. The molecule has 3 heterocycles. The Morgan fingerprint density at radius 2 is 1.87 bits per heavy atom. The Kier molecular flexibility index (Phi) is 6.30. The van der Waals surface area contributed by atoms with E-state index in [2.05, 4.69) is 10.3 Å². The summed E-state index contributed by atoms with van der Waals surface area (Å²) >= 11 is 0. The SMILES string of the molecule is CC(C)C(=O)Nc1ccn([C@@H]2O[C@H](COC(=O)C(C)C)[C@H]3OC(C)(C)O[C@H]32)c(=O)n1. The molecule has 2 fully saturated rings. The molecule has 10 nitrogen and oxygen atoms in total. The minimum atomic E-state index is -0.875. The van der Waals surface area contributed by atoms with Gasteiger partial charge >= 0.3 is 11.7 Å². The minimum Gasteiger partial charge on any atom is -0.463 e. The van der Waals surface area contributed by atoms with Crippen LogP contribution >= 0.6 is 0 Å². The first-order valence-corrected chi connectivity index (χ1v) is 10.1. The quantitative estimate of drug-likeness (QED) is 0.683. The Morgan fingerprint density at radius 1 is 1.20 bits per heavy atom. The number of hydrogen-bond donors (Lipinski definition) is 1. The van der Waals surface area contributed by atoms with Crippen LogP contribution in [0.15, 0.2) is 17.1 Å². The van der Waals surface area contributed by atoms with Crippen molar-refractivity contribution in [2.24, 2.45) is 11.8 Å². The fourth-order valence-corrected chi connectivity index (χ4v) is 3.29. The van der Waals surface area contributed by atoms with Gasteiger partial charge in [-0.15, -0.1) is 0 Å². The molecular formula is C20H29N3O7. The number of rotatable bonds is 6.